The van der Waals surface area contributed by atoms with Crippen molar-refractivity contribution in [2.75, 3.05) is 6.54 Å². The zero-order valence-electron chi connectivity index (χ0n) is 8.16. The van der Waals surface area contributed by atoms with Crippen LogP contribution in [0.5, 0.6) is 0 Å². The lowest BCUT2D eigenvalue weighted by atomic mass is 10.2. The highest BCUT2D eigenvalue weighted by Gasteiger charge is 1.89. The molecule has 1 N–H and O–H groups in total. The van der Waals surface area contributed by atoms with E-state index in [0.717, 1.165) is 19.4 Å². The van der Waals surface area contributed by atoms with Gasteiger partial charge in [-0.15, -0.1) is 0 Å². The fourth-order valence-corrected chi connectivity index (χ4v) is 1.20. The number of rotatable bonds is 2. The molecule has 0 unspecified atom stereocenters. The van der Waals surface area contributed by atoms with Crippen molar-refractivity contribution in [1.82, 2.24) is 5.32 Å². The second-order valence-electron chi connectivity index (χ2n) is 2.95. The van der Waals surface area contributed by atoms with Crippen LogP contribution < -0.4 is 5.32 Å². The molecule has 0 saturated carbocycles. The molecule has 0 radical (unpaired) electrons. The number of hydrogen-bond donors (Lipinski definition) is 1. The van der Waals surface area contributed by atoms with Crippen molar-refractivity contribution < 1.29 is 0 Å². The zero-order valence-corrected chi connectivity index (χ0v) is 8.16. The summed E-state index contributed by atoms with van der Waals surface area (Å²) in [5, 5.41) is 3.33. The van der Waals surface area contributed by atoms with E-state index in [1.54, 1.807) is 0 Å². The van der Waals surface area contributed by atoms with Crippen molar-refractivity contribution in [2.24, 2.45) is 0 Å². The molecular formula is C12H17N. The van der Waals surface area contributed by atoms with Crippen LogP contribution in [-0.2, 0) is 0 Å². The molecule has 0 aromatic carbocycles. The first-order valence-electron chi connectivity index (χ1n) is 4.84. The van der Waals surface area contributed by atoms with Gasteiger partial charge in [-0.2, -0.15) is 0 Å². The van der Waals surface area contributed by atoms with E-state index in [-0.39, 0.29) is 0 Å². The van der Waals surface area contributed by atoms with Gasteiger partial charge < -0.3 is 5.32 Å². The molecule has 0 spiro atoms. The van der Waals surface area contributed by atoms with E-state index >= 15 is 0 Å². The van der Waals surface area contributed by atoms with Crippen molar-refractivity contribution in [3.63, 3.8) is 0 Å². The molecule has 13 heavy (non-hydrogen) atoms. The van der Waals surface area contributed by atoms with Crippen LogP contribution in [0.25, 0.3) is 0 Å². The number of hydrogen-bond acceptors (Lipinski definition) is 1. The normalized spacial score (nSPS) is 28.2. The molecule has 0 aromatic heterocycles. The lowest BCUT2D eigenvalue weighted by molar-refractivity contribution is 0.827. The van der Waals surface area contributed by atoms with Crippen LogP contribution in [0.15, 0.2) is 48.2 Å². The van der Waals surface area contributed by atoms with Crippen LogP contribution in [0, 0.1) is 0 Å². The predicted octanol–water partition coefficient (Wildman–Crippen LogP) is 2.94. The van der Waals surface area contributed by atoms with Crippen LogP contribution >= 0.6 is 0 Å². The summed E-state index contributed by atoms with van der Waals surface area (Å²) < 4.78 is 0. The highest BCUT2D eigenvalue weighted by Crippen LogP contribution is 2.01. The summed E-state index contributed by atoms with van der Waals surface area (Å²) in [5.41, 5.74) is 1.28. The molecule has 0 fully saturated rings. The molecular weight excluding hydrogens is 158 g/mol. The molecule has 70 valence electrons. The Kier molecular flexibility index (Phi) is 4.77. The van der Waals surface area contributed by atoms with Gasteiger partial charge in [-0.25, -0.2) is 0 Å². The van der Waals surface area contributed by atoms with Crippen molar-refractivity contribution in [1.29, 1.82) is 0 Å². The van der Waals surface area contributed by atoms with Gasteiger partial charge >= 0.3 is 0 Å². The quantitative estimate of drug-likeness (QED) is 0.680. The smallest absolute Gasteiger partial charge is 0.0145 e. The fraction of sp³-hybridized carbons (Fsp3) is 0.333. The summed E-state index contributed by atoms with van der Waals surface area (Å²) in [6, 6.07) is 0. The van der Waals surface area contributed by atoms with Crippen molar-refractivity contribution >= 4 is 0 Å². The second-order valence-corrected chi connectivity index (χ2v) is 2.95. The van der Waals surface area contributed by atoms with E-state index in [1.165, 1.54) is 5.70 Å². The highest BCUT2D eigenvalue weighted by molar-refractivity contribution is 5.18. The minimum atomic E-state index is 0.989. The van der Waals surface area contributed by atoms with Crippen molar-refractivity contribution in [2.45, 2.75) is 19.8 Å². The average molecular weight is 175 g/mol. The SMILES string of the molecule is CCN/C1=C/C=C\C/C=C\C=C/C1. The minimum absolute atomic E-state index is 0.989. The van der Waals surface area contributed by atoms with E-state index in [2.05, 4.69) is 54.8 Å². The van der Waals surface area contributed by atoms with Gasteiger partial charge in [0.1, 0.15) is 0 Å². The molecule has 1 heteroatoms. The number of nitrogens with one attached hydrogen (secondary N) is 1. The Morgan fingerprint density at radius 2 is 1.92 bits per heavy atom. The van der Waals surface area contributed by atoms with Gasteiger partial charge in [0, 0.05) is 18.7 Å². The maximum absolute atomic E-state index is 3.33. The Hall–Kier alpha value is -1.24. The summed E-state index contributed by atoms with van der Waals surface area (Å²) in [7, 11) is 0. The van der Waals surface area contributed by atoms with Gasteiger partial charge in [0.05, 0.1) is 0 Å². The Labute approximate surface area is 80.5 Å². The topological polar surface area (TPSA) is 12.0 Å². The van der Waals surface area contributed by atoms with E-state index in [9.17, 15) is 0 Å². The Bertz CT molecular complexity index is 244. The molecule has 0 amide bonds. The lowest BCUT2D eigenvalue weighted by Crippen LogP contribution is -2.11. The van der Waals surface area contributed by atoms with Crippen LogP contribution in [0.1, 0.15) is 19.8 Å². The van der Waals surface area contributed by atoms with E-state index in [1.807, 2.05) is 0 Å². The maximum atomic E-state index is 3.33. The summed E-state index contributed by atoms with van der Waals surface area (Å²) in [4.78, 5) is 0. The van der Waals surface area contributed by atoms with Crippen LogP contribution in [0.3, 0.4) is 0 Å². The minimum Gasteiger partial charge on any atom is -0.388 e. The molecule has 0 aliphatic heterocycles. The van der Waals surface area contributed by atoms with Crippen LogP contribution in [-0.4, -0.2) is 6.54 Å². The Morgan fingerprint density at radius 3 is 2.77 bits per heavy atom. The molecule has 1 aliphatic rings. The van der Waals surface area contributed by atoms with Gasteiger partial charge in [0.25, 0.3) is 0 Å². The van der Waals surface area contributed by atoms with Gasteiger partial charge in [-0.05, 0) is 19.4 Å². The third kappa shape index (κ3) is 4.36. The van der Waals surface area contributed by atoms with Crippen LogP contribution in [0.2, 0.25) is 0 Å². The summed E-state index contributed by atoms with van der Waals surface area (Å²) >= 11 is 0. The monoisotopic (exact) mass is 175 g/mol. The van der Waals surface area contributed by atoms with Crippen molar-refractivity contribution in [3.8, 4) is 0 Å². The van der Waals surface area contributed by atoms with Gasteiger partial charge in [0.2, 0.25) is 0 Å². The lowest BCUT2D eigenvalue weighted by Gasteiger charge is -2.05. The molecule has 0 aromatic rings. The van der Waals surface area contributed by atoms with Gasteiger partial charge in [-0.1, -0.05) is 36.5 Å². The largest absolute Gasteiger partial charge is 0.388 e. The average Bonchev–Trinajstić information content (AvgIpc) is 2.16. The first-order valence-corrected chi connectivity index (χ1v) is 4.84. The number of allylic oxidation sites excluding steroid dienone is 7. The van der Waals surface area contributed by atoms with Crippen molar-refractivity contribution in [3.05, 3.63) is 48.2 Å². The fourth-order valence-electron chi connectivity index (χ4n) is 1.20. The standard InChI is InChI=1S/C12H17N/c1-2-13-12-10-8-6-4-3-5-7-9-11-12/h3-4,6-9,11,13H,2,5,10H2,1H3/b4-3-,8-6-,9-7-,12-11+. The third-order valence-corrected chi connectivity index (χ3v) is 1.83. The van der Waals surface area contributed by atoms with E-state index in [0.29, 0.717) is 0 Å². The highest BCUT2D eigenvalue weighted by atomic mass is 14.9. The van der Waals surface area contributed by atoms with Gasteiger partial charge in [0.15, 0.2) is 0 Å². The molecule has 1 nitrogen and oxygen atoms in total. The molecule has 1 rings (SSSR count). The van der Waals surface area contributed by atoms with E-state index < -0.39 is 0 Å². The zero-order chi connectivity index (χ0) is 9.36. The second kappa shape index (κ2) is 6.30. The predicted molar refractivity (Wildman–Crippen MR) is 58.4 cm³/mol. The third-order valence-electron chi connectivity index (χ3n) is 1.83. The molecule has 0 saturated heterocycles. The summed E-state index contributed by atoms with van der Waals surface area (Å²) in [6.07, 6.45) is 16.9. The van der Waals surface area contributed by atoms with E-state index in [4.69, 9.17) is 0 Å². The Morgan fingerprint density at radius 1 is 1.15 bits per heavy atom. The first kappa shape index (κ1) is 9.85. The molecule has 0 bridgehead atoms. The summed E-state index contributed by atoms with van der Waals surface area (Å²) in [5.74, 6) is 0. The Balaban J connectivity index is 2.59. The van der Waals surface area contributed by atoms with Crippen LogP contribution in [0.4, 0.5) is 0 Å². The molecule has 0 atom stereocenters. The molecule has 1 aliphatic carbocycles. The molecule has 0 heterocycles. The maximum Gasteiger partial charge on any atom is 0.0145 e. The summed E-state index contributed by atoms with van der Waals surface area (Å²) in [6.45, 7) is 3.11. The first-order chi connectivity index (χ1) is 6.43. The van der Waals surface area contributed by atoms with Gasteiger partial charge in [-0.3, -0.25) is 0 Å².